The highest BCUT2D eigenvalue weighted by Crippen LogP contribution is 2.29. The zero-order valence-electron chi connectivity index (χ0n) is 14.9. The molecule has 0 spiro atoms. The Balaban J connectivity index is 1.72. The van der Waals surface area contributed by atoms with Gasteiger partial charge in [0, 0.05) is 20.2 Å². The van der Waals surface area contributed by atoms with E-state index < -0.39 is 11.9 Å². The van der Waals surface area contributed by atoms with E-state index in [1.165, 1.54) is 12.1 Å². The van der Waals surface area contributed by atoms with Gasteiger partial charge in [-0.25, -0.2) is 4.39 Å². The first-order valence-electron chi connectivity index (χ1n) is 9.00. The molecule has 2 unspecified atom stereocenters. The maximum absolute atomic E-state index is 13.3. The largest absolute Gasteiger partial charge is 0.479 e. The minimum atomic E-state index is -0.864. The third-order valence-electron chi connectivity index (χ3n) is 4.89. The van der Waals surface area contributed by atoms with Crippen LogP contribution in [0.2, 0.25) is 0 Å². The Morgan fingerprint density at radius 1 is 1.38 bits per heavy atom. The number of ether oxygens (including phenoxy) is 2. The van der Waals surface area contributed by atoms with Crippen LogP contribution in [-0.2, 0) is 9.53 Å². The first kappa shape index (κ1) is 18.6. The van der Waals surface area contributed by atoms with Crippen LogP contribution in [0.4, 0.5) is 4.39 Å². The predicted octanol–water partition coefficient (Wildman–Crippen LogP) is 2.99. The Bertz CT molecular complexity index is 703. The number of allylic oxidation sites excluding steroid dienone is 2. The van der Waals surface area contributed by atoms with E-state index in [4.69, 9.17) is 9.47 Å². The van der Waals surface area contributed by atoms with Crippen LogP contribution in [0, 0.1) is 11.7 Å². The average Bonchev–Trinajstić information content (AvgIpc) is 2.65. The highest BCUT2D eigenvalue weighted by atomic mass is 19.1. The highest BCUT2D eigenvalue weighted by molar-refractivity contribution is 6.03. The molecule has 0 saturated carbocycles. The zero-order chi connectivity index (χ0) is 18.5. The van der Waals surface area contributed by atoms with Gasteiger partial charge in [-0.05, 0) is 43.4 Å². The van der Waals surface area contributed by atoms with Gasteiger partial charge in [0.2, 0.25) is 0 Å². The molecule has 5 nitrogen and oxygen atoms in total. The summed E-state index contributed by atoms with van der Waals surface area (Å²) in [4.78, 5) is 27.1. The van der Waals surface area contributed by atoms with Crippen LogP contribution in [0.15, 0.2) is 30.4 Å². The van der Waals surface area contributed by atoms with E-state index in [2.05, 4.69) is 12.2 Å². The van der Waals surface area contributed by atoms with Gasteiger partial charge in [-0.15, -0.1) is 0 Å². The molecule has 0 fully saturated rings. The quantitative estimate of drug-likeness (QED) is 0.731. The standard InChI is InChI=1S/C20H24FNO4/c1-25-10-9-22(13-14-5-3-2-4-6-14)20(24)19-12-17(23)16-11-15(21)7-8-18(16)26-19/h2-3,7-8,11,14,19H,4-6,9-10,12-13H2,1H3. The van der Waals surface area contributed by atoms with Crippen LogP contribution in [-0.4, -0.2) is 49.5 Å². The summed E-state index contributed by atoms with van der Waals surface area (Å²) in [5.41, 5.74) is 0.204. The van der Waals surface area contributed by atoms with Gasteiger partial charge >= 0.3 is 0 Å². The summed E-state index contributed by atoms with van der Waals surface area (Å²) >= 11 is 0. The molecule has 0 bridgehead atoms. The molecule has 140 valence electrons. The summed E-state index contributed by atoms with van der Waals surface area (Å²) in [6, 6.07) is 3.80. The molecule has 26 heavy (non-hydrogen) atoms. The van der Waals surface area contributed by atoms with Crippen LogP contribution in [0.5, 0.6) is 5.75 Å². The second-order valence-electron chi connectivity index (χ2n) is 6.80. The van der Waals surface area contributed by atoms with Crippen molar-refractivity contribution in [3.05, 3.63) is 41.7 Å². The maximum Gasteiger partial charge on any atom is 0.264 e. The number of halogens is 1. The second kappa shape index (κ2) is 8.45. The lowest BCUT2D eigenvalue weighted by Crippen LogP contribution is -2.47. The number of amides is 1. The molecular formula is C20H24FNO4. The van der Waals surface area contributed by atoms with Crippen molar-refractivity contribution >= 4 is 11.7 Å². The number of nitrogens with zero attached hydrogens (tertiary/aromatic N) is 1. The summed E-state index contributed by atoms with van der Waals surface area (Å²) in [6.07, 6.45) is 6.40. The Labute approximate surface area is 152 Å². The lowest BCUT2D eigenvalue weighted by Gasteiger charge is -2.32. The summed E-state index contributed by atoms with van der Waals surface area (Å²) < 4.78 is 24.2. The lowest BCUT2D eigenvalue weighted by molar-refractivity contribution is -0.140. The molecular weight excluding hydrogens is 337 g/mol. The molecule has 1 aliphatic heterocycles. The molecule has 3 rings (SSSR count). The molecule has 0 aromatic heterocycles. The van der Waals surface area contributed by atoms with E-state index in [1.807, 2.05) is 0 Å². The Morgan fingerprint density at radius 3 is 2.96 bits per heavy atom. The van der Waals surface area contributed by atoms with E-state index in [1.54, 1.807) is 12.0 Å². The van der Waals surface area contributed by atoms with Crippen LogP contribution in [0.1, 0.15) is 36.0 Å². The molecule has 1 aliphatic carbocycles. The van der Waals surface area contributed by atoms with Gasteiger partial charge in [0.15, 0.2) is 11.9 Å². The number of methoxy groups -OCH3 is 1. The lowest BCUT2D eigenvalue weighted by atomic mass is 9.93. The summed E-state index contributed by atoms with van der Waals surface area (Å²) in [7, 11) is 1.59. The predicted molar refractivity (Wildman–Crippen MR) is 94.7 cm³/mol. The van der Waals surface area contributed by atoms with Crippen LogP contribution < -0.4 is 4.74 Å². The van der Waals surface area contributed by atoms with E-state index in [0.29, 0.717) is 25.6 Å². The van der Waals surface area contributed by atoms with Gasteiger partial charge in [-0.2, -0.15) is 0 Å². The van der Waals surface area contributed by atoms with Crippen LogP contribution in [0.3, 0.4) is 0 Å². The van der Waals surface area contributed by atoms with Crippen molar-refractivity contribution in [2.24, 2.45) is 5.92 Å². The average molecular weight is 361 g/mol. The molecule has 0 radical (unpaired) electrons. The third-order valence-corrected chi connectivity index (χ3v) is 4.89. The Hall–Kier alpha value is -2.21. The van der Waals surface area contributed by atoms with Crippen LogP contribution in [0.25, 0.3) is 0 Å². The molecule has 2 atom stereocenters. The number of rotatable bonds is 6. The van der Waals surface area contributed by atoms with Gasteiger partial charge in [0.1, 0.15) is 11.6 Å². The first-order valence-corrected chi connectivity index (χ1v) is 9.00. The second-order valence-corrected chi connectivity index (χ2v) is 6.80. The van der Waals surface area contributed by atoms with Gasteiger partial charge in [0.25, 0.3) is 5.91 Å². The van der Waals surface area contributed by atoms with Gasteiger partial charge in [-0.1, -0.05) is 12.2 Å². The molecule has 0 N–H and O–H groups in total. The molecule has 0 saturated heterocycles. The summed E-state index contributed by atoms with van der Waals surface area (Å²) in [6.45, 7) is 1.51. The number of Topliss-reactive ketones (excluding diaryl/α,β-unsaturated/α-hetero) is 1. The number of carbonyl (C=O) groups excluding carboxylic acids is 2. The first-order chi connectivity index (χ1) is 12.6. The highest BCUT2D eigenvalue weighted by Gasteiger charge is 2.35. The van der Waals surface area contributed by atoms with Crippen molar-refractivity contribution in [3.8, 4) is 5.75 Å². The van der Waals surface area contributed by atoms with E-state index in [-0.39, 0.29) is 29.4 Å². The van der Waals surface area contributed by atoms with Crippen molar-refractivity contribution < 1.29 is 23.5 Å². The maximum atomic E-state index is 13.3. The molecule has 1 heterocycles. The fraction of sp³-hybridized carbons (Fsp3) is 0.500. The normalized spacial score (nSPS) is 21.8. The van der Waals surface area contributed by atoms with E-state index >= 15 is 0 Å². The van der Waals surface area contributed by atoms with Crippen molar-refractivity contribution in [1.82, 2.24) is 4.90 Å². The third kappa shape index (κ3) is 4.30. The van der Waals surface area contributed by atoms with E-state index in [0.717, 1.165) is 25.3 Å². The molecule has 1 aromatic rings. The van der Waals surface area contributed by atoms with Crippen LogP contribution >= 0.6 is 0 Å². The summed E-state index contributed by atoms with van der Waals surface area (Å²) in [5.74, 6) is -0.288. The smallest absolute Gasteiger partial charge is 0.264 e. The fourth-order valence-corrected chi connectivity index (χ4v) is 3.46. The number of benzene rings is 1. The number of fused-ring (bicyclic) bond motifs is 1. The number of ketones is 1. The van der Waals surface area contributed by atoms with E-state index in [9.17, 15) is 14.0 Å². The fourth-order valence-electron chi connectivity index (χ4n) is 3.46. The molecule has 1 aromatic carbocycles. The van der Waals surface area contributed by atoms with Crippen molar-refractivity contribution in [2.75, 3.05) is 26.8 Å². The van der Waals surface area contributed by atoms with Crippen molar-refractivity contribution in [3.63, 3.8) is 0 Å². The Morgan fingerprint density at radius 2 is 2.23 bits per heavy atom. The van der Waals surface area contributed by atoms with Crippen molar-refractivity contribution in [1.29, 1.82) is 0 Å². The van der Waals surface area contributed by atoms with Gasteiger partial charge in [-0.3, -0.25) is 9.59 Å². The molecule has 1 amide bonds. The zero-order valence-corrected chi connectivity index (χ0v) is 14.9. The SMILES string of the molecule is COCCN(CC1CC=CCC1)C(=O)C1CC(=O)c2cc(F)ccc2O1. The molecule has 2 aliphatic rings. The monoisotopic (exact) mass is 361 g/mol. The molecule has 6 heteroatoms. The minimum Gasteiger partial charge on any atom is -0.479 e. The number of hydrogen-bond acceptors (Lipinski definition) is 4. The number of hydrogen-bond donors (Lipinski definition) is 0. The van der Waals surface area contributed by atoms with Gasteiger partial charge in [0.05, 0.1) is 18.6 Å². The topological polar surface area (TPSA) is 55.8 Å². The minimum absolute atomic E-state index is 0.0661. The number of carbonyl (C=O) groups is 2. The van der Waals surface area contributed by atoms with Crippen molar-refractivity contribution in [2.45, 2.75) is 31.8 Å². The Kier molecular flexibility index (Phi) is 6.04. The summed E-state index contributed by atoms with van der Waals surface area (Å²) in [5, 5.41) is 0. The van der Waals surface area contributed by atoms with Gasteiger partial charge < -0.3 is 14.4 Å².